The lowest BCUT2D eigenvalue weighted by Gasteiger charge is -2.22. The lowest BCUT2D eigenvalue weighted by atomic mass is 9.87. The first-order valence-corrected chi connectivity index (χ1v) is 7.10. The Labute approximate surface area is 121 Å². The lowest BCUT2D eigenvalue weighted by molar-refractivity contribution is 0.142. The smallest absolute Gasteiger partial charge is 0.137 e. The van der Waals surface area contributed by atoms with Crippen LogP contribution in [0.15, 0.2) is 53.0 Å². The van der Waals surface area contributed by atoms with Crippen molar-refractivity contribution < 1.29 is 9.50 Å². The molecule has 3 heteroatoms. The Morgan fingerprint density at radius 1 is 1.11 bits per heavy atom. The molecule has 0 amide bonds. The fourth-order valence-electron chi connectivity index (χ4n) is 2.27. The van der Waals surface area contributed by atoms with E-state index >= 15 is 0 Å². The molecular formula is C16H16BrFO. The first kappa shape index (κ1) is 14.2. The maximum Gasteiger partial charge on any atom is 0.137 e. The summed E-state index contributed by atoms with van der Waals surface area (Å²) in [4.78, 5) is 0. The third kappa shape index (κ3) is 3.23. The largest absolute Gasteiger partial charge is 0.388 e. The highest BCUT2D eigenvalue weighted by Crippen LogP contribution is 2.34. The summed E-state index contributed by atoms with van der Waals surface area (Å²) in [6.45, 7) is 2.04. The van der Waals surface area contributed by atoms with Crippen LogP contribution in [-0.2, 0) is 0 Å². The summed E-state index contributed by atoms with van der Waals surface area (Å²) in [6.07, 6.45) is 0.185. The van der Waals surface area contributed by atoms with Crippen LogP contribution in [0.3, 0.4) is 0 Å². The van der Waals surface area contributed by atoms with Gasteiger partial charge in [-0.3, -0.25) is 0 Å². The molecule has 0 spiro atoms. The van der Waals surface area contributed by atoms with Gasteiger partial charge in [0.25, 0.3) is 0 Å². The molecule has 0 aliphatic carbocycles. The van der Waals surface area contributed by atoms with Crippen molar-refractivity contribution in [3.63, 3.8) is 0 Å². The summed E-state index contributed by atoms with van der Waals surface area (Å²) < 4.78 is 13.6. The van der Waals surface area contributed by atoms with Gasteiger partial charge in [0.15, 0.2) is 0 Å². The highest BCUT2D eigenvalue weighted by Gasteiger charge is 2.21. The van der Waals surface area contributed by atoms with Crippen molar-refractivity contribution in [2.45, 2.75) is 25.4 Å². The molecule has 0 aliphatic rings. The van der Waals surface area contributed by atoms with Gasteiger partial charge in [-0.2, -0.15) is 0 Å². The Bertz CT molecular complexity index is 542. The molecule has 2 aromatic rings. The fraction of sp³-hybridized carbons (Fsp3) is 0.250. The van der Waals surface area contributed by atoms with Crippen LogP contribution in [0.25, 0.3) is 0 Å². The van der Waals surface area contributed by atoms with E-state index in [0.717, 1.165) is 17.5 Å². The monoisotopic (exact) mass is 322 g/mol. The zero-order valence-corrected chi connectivity index (χ0v) is 12.3. The Morgan fingerprint density at radius 3 is 2.37 bits per heavy atom. The van der Waals surface area contributed by atoms with Gasteiger partial charge >= 0.3 is 0 Å². The van der Waals surface area contributed by atoms with Crippen LogP contribution in [-0.4, -0.2) is 5.11 Å². The minimum absolute atomic E-state index is 0.0126. The van der Waals surface area contributed by atoms with Gasteiger partial charge in [0.05, 0.1) is 10.6 Å². The van der Waals surface area contributed by atoms with Crippen LogP contribution in [0.5, 0.6) is 0 Å². The van der Waals surface area contributed by atoms with Crippen LogP contribution in [0, 0.1) is 5.82 Å². The van der Waals surface area contributed by atoms with Crippen molar-refractivity contribution in [3.8, 4) is 0 Å². The maximum atomic E-state index is 13.2. The van der Waals surface area contributed by atoms with E-state index < -0.39 is 6.10 Å². The number of hydrogen-bond donors (Lipinski definition) is 1. The first-order valence-electron chi connectivity index (χ1n) is 6.31. The zero-order valence-electron chi connectivity index (χ0n) is 10.7. The SMILES string of the molecule is CCC(c1ccccc1)C(O)c1ccc(F)c(Br)c1. The van der Waals surface area contributed by atoms with E-state index in [0.29, 0.717) is 4.47 Å². The van der Waals surface area contributed by atoms with Gasteiger partial charge in [0, 0.05) is 5.92 Å². The standard InChI is InChI=1S/C16H16BrFO/c1-2-13(11-6-4-3-5-7-11)16(19)12-8-9-15(18)14(17)10-12/h3-10,13,16,19H,2H2,1H3. The topological polar surface area (TPSA) is 20.2 Å². The Hall–Kier alpha value is -1.19. The summed E-state index contributed by atoms with van der Waals surface area (Å²) in [5.41, 5.74) is 1.82. The van der Waals surface area contributed by atoms with E-state index in [1.807, 2.05) is 37.3 Å². The number of benzene rings is 2. The molecule has 0 saturated carbocycles. The van der Waals surface area contributed by atoms with Crippen molar-refractivity contribution in [1.82, 2.24) is 0 Å². The molecule has 2 rings (SSSR count). The lowest BCUT2D eigenvalue weighted by Crippen LogP contribution is -2.10. The average Bonchev–Trinajstić information content (AvgIpc) is 2.44. The number of halogens is 2. The summed E-state index contributed by atoms with van der Waals surface area (Å²) in [6, 6.07) is 14.6. The number of hydrogen-bond acceptors (Lipinski definition) is 1. The maximum absolute atomic E-state index is 13.2. The van der Waals surface area contributed by atoms with Gasteiger partial charge in [-0.05, 0) is 45.6 Å². The molecule has 100 valence electrons. The number of aliphatic hydroxyl groups excluding tert-OH is 1. The van der Waals surface area contributed by atoms with Gasteiger partial charge in [0.1, 0.15) is 5.82 Å². The third-order valence-corrected chi connectivity index (χ3v) is 3.94. The molecule has 2 atom stereocenters. The predicted molar refractivity (Wildman–Crippen MR) is 78.5 cm³/mol. The second-order valence-corrected chi connectivity index (χ2v) is 5.40. The minimum Gasteiger partial charge on any atom is -0.388 e. The molecule has 0 fully saturated rings. The minimum atomic E-state index is -0.635. The van der Waals surface area contributed by atoms with E-state index in [1.165, 1.54) is 6.07 Å². The second-order valence-electron chi connectivity index (χ2n) is 4.54. The van der Waals surface area contributed by atoms with Gasteiger partial charge in [-0.1, -0.05) is 43.3 Å². The second kappa shape index (κ2) is 6.31. The van der Waals surface area contributed by atoms with Crippen molar-refractivity contribution in [3.05, 3.63) is 69.9 Å². The molecule has 0 saturated heterocycles. The van der Waals surface area contributed by atoms with Gasteiger partial charge in [0.2, 0.25) is 0 Å². The van der Waals surface area contributed by atoms with Crippen LogP contribution < -0.4 is 0 Å². The average molecular weight is 323 g/mol. The van der Waals surface area contributed by atoms with Crippen LogP contribution >= 0.6 is 15.9 Å². The summed E-state index contributed by atoms with van der Waals surface area (Å²) in [7, 11) is 0. The fourth-order valence-corrected chi connectivity index (χ4v) is 2.67. The normalized spacial score (nSPS) is 14.1. The highest BCUT2D eigenvalue weighted by atomic mass is 79.9. The van der Waals surface area contributed by atoms with E-state index in [9.17, 15) is 9.50 Å². The molecule has 2 aromatic carbocycles. The van der Waals surface area contributed by atoms with Gasteiger partial charge in [-0.15, -0.1) is 0 Å². The van der Waals surface area contributed by atoms with E-state index in [4.69, 9.17) is 0 Å². The first-order chi connectivity index (χ1) is 9.13. The molecular weight excluding hydrogens is 307 g/mol. The third-order valence-electron chi connectivity index (χ3n) is 3.33. The molecule has 1 N–H and O–H groups in total. The summed E-state index contributed by atoms with van der Waals surface area (Å²) in [5.74, 6) is -0.303. The molecule has 0 bridgehead atoms. The quantitative estimate of drug-likeness (QED) is 0.856. The molecule has 0 aliphatic heterocycles. The number of aliphatic hydroxyl groups is 1. The molecule has 0 radical (unpaired) electrons. The predicted octanol–water partition coefficient (Wildman–Crippen LogP) is 4.82. The van der Waals surface area contributed by atoms with Gasteiger partial charge in [-0.25, -0.2) is 4.39 Å². The molecule has 0 heterocycles. The highest BCUT2D eigenvalue weighted by molar-refractivity contribution is 9.10. The summed E-state index contributed by atoms with van der Waals surface area (Å²) in [5, 5.41) is 10.5. The molecule has 0 aromatic heterocycles. The van der Waals surface area contributed by atoms with Gasteiger partial charge < -0.3 is 5.11 Å². The molecule has 1 nitrogen and oxygen atoms in total. The van der Waals surface area contributed by atoms with Crippen molar-refractivity contribution >= 4 is 15.9 Å². The summed E-state index contributed by atoms with van der Waals surface area (Å²) >= 11 is 3.16. The Kier molecular flexibility index (Phi) is 4.72. The van der Waals surface area contributed by atoms with Crippen LogP contribution in [0.4, 0.5) is 4.39 Å². The van der Waals surface area contributed by atoms with E-state index in [-0.39, 0.29) is 11.7 Å². The Morgan fingerprint density at radius 2 is 1.79 bits per heavy atom. The van der Waals surface area contributed by atoms with E-state index in [2.05, 4.69) is 15.9 Å². The van der Waals surface area contributed by atoms with Crippen molar-refractivity contribution in [1.29, 1.82) is 0 Å². The van der Waals surface area contributed by atoms with Crippen molar-refractivity contribution in [2.24, 2.45) is 0 Å². The number of rotatable bonds is 4. The van der Waals surface area contributed by atoms with Crippen molar-refractivity contribution in [2.75, 3.05) is 0 Å². The van der Waals surface area contributed by atoms with Crippen LogP contribution in [0.1, 0.15) is 36.5 Å². The molecule has 19 heavy (non-hydrogen) atoms. The van der Waals surface area contributed by atoms with E-state index in [1.54, 1.807) is 12.1 Å². The molecule has 2 unspecified atom stereocenters. The van der Waals surface area contributed by atoms with Crippen LogP contribution in [0.2, 0.25) is 0 Å². The Balaban J connectivity index is 2.30. The zero-order chi connectivity index (χ0) is 13.8.